The molecule has 0 aliphatic rings. The number of hydrogen-bond donors (Lipinski definition) is 4. The van der Waals surface area contributed by atoms with E-state index >= 15 is 0 Å². The number of aromatic amines is 1. The number of nitrogens with zero attached hydrogens (tertiary/aromatic N) is 1. The van der Waals surface area contributed by atoms with Gasteiger partial charge in [0.25, 0.3) is 5.91 Å². The number of nitrogens with one attached hydrogen (secondary N) is 2. The number of hydrogen-bond acceptors (Lipinski definition) is 5. The van der Waals surface area contributed by atoms with Gasteiger partial charge >= 0.3 is 0 Å². The third-order valence-corrected chi connectivity index (χ3v) is 4.64. The van der Waals surface area contributed by atoms with Crippen LogP contribution in [0.3, 0.4) is 0 Å². The minimum Gasteiger partial charge on any atom is -0.444 e. The molecule has 2 aromatic heterocycles. The van der Waals surface area contributed by atoms with Crippen LogP contribution in [0, 0.1) is 0 Å². The largest absolute Gasteiger partial charge is 0.444 e. The van der Waals surface area contributed by atoms with E-state index in [1.807, 2.05) is 30.5 Å². The standard InChI is InChI=1S/C21H19N5O3/c22-14-7-5-12(6-8-14)21-26-18(11-29-21)20(28)25-17(19(23)27)9-13-10-24-16-4-2-1-3-15(13)16/h1-8,10-11,17,24H,9,22H2,(H2,23,27)(H,25,28). The molecular weight excluding hydrogens is 370 g/mol. The Morgan fingerprint density at radius 2 is 1.90 bits per heavy atom. The summed E-state index contributed by atoms with van der Waals surface area (Å²) in [6.07, 6.45) is 3.31. The number of carbonyl (C=O) groups excluding carboxylic acids is 2. The summed E-state index contributed by atoms with van der Waals surface area (Å²) in [6.45, 7) is 0. The molecule has 0 aliphatic carbocycles. The van der Waals surface area contributed by atoms with Gasteiger partial charge in [0.15, 0.2) is 5.69 Å². The van der Waals surface area contributed by atoms with Crippen molar-refractivity contribution in [3.63, 3.8) is 0 Å². The number of nitrogen functional groups attached to an aromatic ring is 1. The molecule has 146 valence electrons. The first-order chi connectivity index (χ1) is 14.0. The molecule has 0 saturated heterocycles. The van der Waals surface area contributed by atoms with Gasteiger partial charge in [-0.25, -0.2) is 4.98 Å². The van der Waals surface area contributed by atoms with Gasteiger partial charge in [0.05, 0.1) is 0 Å². The summed E-state index contributed by atoms with van der Waals surface area (Å²) in [6, 6.07) is 13.7. The number of amides is 2. The van der Waals surface area contributed by atoms with E-state index in [1.165, 1.54) is 6.26 Å². The Kier molecular flexibility index (Phi) is 4.74. The highest BCUT2D eigenvalue weighted by Crippen LogP contribution is 2.21. The highest BCUT2D eigenvalue weighted by Gasteiger charge is 2.23. The maximum Gasteiger partial charge on any atom is 0.273 e. The molecule has 2 heterocycles. The molecule has 29 heavy (non-hydrogen) atoms. The van der Waals surface area contributed by atoms with Gasteiger partial charge in [-0.1, -0.05) is 18.2 Å². The zero-order valence-corrected chi connectivity index (χ0v) is 15.4. The molecule has 8 nitrogen and oxygen atoms in total. The van der Waals surface area contributed by atoms with Crippen molar-refractivity contribution in [3.8, 4) is 11.5 Å². The van der Waals surface area contributed by atoms with E-state index in [9.17, 15) is 9.59 Å². The monoisotopic (exact) mass is 389 g/mol. The maximum atomic E-state index is 12.6. The molecule has 2 amide bonds. The molecular formula is C21H19N5O3. The van der Waals surface area contributed by atoms with Gasteiger partial charge < -0.3 is 26.2 Å². The molecule has 6 N–H and O–H groups in total. The fourth-order valence-electron chi connectivity index (χ4n) is 3.11. The van der Waals surface area contributed by atoms with Crippen LogP contribution in [-0.2, 0) is 11.2 Å². The second-order valence-electron chi connectivity index (χ2n) is 6.65. The zero-order chi connectivity index (χ0) is 20.4. The second kappa shape index (κ2) is 7.51. The van der Waals surface area contributed by atoms with Crippen molar-refractivity contribution in [1.29, 1.82) is 0 Å². The summed E-state index contributed by atoms with van der Waals surface area (Å²) < 4.78 is 5.38. The van der Waals surface area contributed by atoms with Crippen LogP contribution in [0.15, 0.2) is 65.4 Å². The van der Waals surface area contributed by atoms with E-state index in [1.54, 1.807) is 24.3 Å². The Bertz CT molecular complexity index is 1180. The molecule has 0 saturated carbocycles. The molecule has 2 aromatic carbocycles. The van der Waals surface area contributed by atoms with Crippen LogP contribution in [-0.4, -0.2) is 27.8 Å². The highest BCUT2D eigenvalue weighted by molar-refractivity contribution is 5.96. The van der Waals surface area contributed by atoms with E-state index in [-0.39, 0.29) is 18.0 Å². The number of anilines is 1. The lowest BCUT2D eigenvalue weighted by atomic mass is 10.0. The average molecular weight is 389 g/mol. The molecule has 4 aromatic rings. The van der Waals surface area contributed by atoms with Crippen molar-refractivity contribution in [2.24, 2.45) is 5.73 Å². The number of fused-ring (bicyclic) bond motifs is 1. The Hall–Kier alpha value is -4.07. The highest BCUT2D eigenvalue weighted by atomic mass is 16.3. The fourth-order valence-corrected chi connectivity index (χ4v) is 3.11. The molecule has 0 fully saturated rings. The Morgan fingerprint density at radius 1 is 1.14 bits per heavy atom. The Labute approximate surface area is 165 Å². The fraction of sp³-hybridized carbons (Fsp3) is 0.0952. The molecule has 0 aliphatic heterocycles. The summed E-state index contributed by atoms with van der Waals surface area (Å²) in [5, 5.41) is 3.61. The lowest BCUT2D eigenvalue weighted by Crippen LogP contribution is -2.45. The third-order valence-electron chi connectivity index (χ3n) is 4.64. The first-order valence-electron chi connectivity index (χ1n) is 8.98. The van der Waals surface area contributed by atoms with Crippen LogP contribution < -0.4 is 16.8 Å². The Morgan fingerprint density at radius 3 is 2.66 bits per heavy atom. The molecule has 1 atom stereocenters. The van der Waals surface area contributed by atoms with Crippen molar-refractivity contribution >= 4 is 28.4 Å². The van der Waals surface area contributed by atoms with Crippen LogP contribution in [0.25, 0.3) is 22.4 Å². The smallest absolute Gasteiger partial charge is 0.273 e. The second-order valence-corrected chi connectivity index (χ2v) is 6.65. The SMILES string of the molecule is NC(=O)C(Cc1c[nH]c2ccccc12)NC(=O)c1coc(-c2ccc(N)cc2)n1. The van der Waals surface area contributed by atoms with Crippen molar-refractivity contribution in [1.82, 2.24) is 15.3 Å². The molecule has 1 unspecified atom stereocenters. The van der Waals surface area contributed by atoms with Gasteiger partial charge in [0, 0.05) is 34.8 Å². The van der Waals surface area contributed by atoms with E-state index in [0.717, 1.165) is 16.5 Å². The van der Waals surface area contributed by atoms with Crippen molar-refractivity contribution in [3.05, 3.63) is 72.2 Å². The van der Waals surface area contributed by atoms with Crippen LogP contribution in [0.2, 0.25) is 0 Å². The number of aromatic nitrogens is 2. The maximum absolute atomic E-state index is 12.6. The van der Waals surface area contributed by atoms with Gasteiger partial charge in [-0.15, -0.1) is 0 Å². The van der Waals surface area contributed by atoms with Crippen molar-refractivity contribution in [2.75, 3.05) is 5.73 Å². The predicted molar refractivity (Wildman–Crippen MR) is 109 cm³/mol. The van der Waals surface area contributed by atoms with Crippen molar-refractivity contribution in [2.45, 2.75) is 12.5 Å². The zero-order valence-electron chi connectivity index (χ0n) is 15.4. The number of H-pyrrole nitrogens is 1. The number of rotatable bonds is 6. The normalized spacial score (nSPS) is 12.0. The number of para-hydroxylation sites is 1. The number of nitrogens with two attached hydrogens (primary N) is 2. The lowest BCUT2D eigenvalue weighted by molar-refractivity contribution is -0.119. The summed E-state index contributed by atoms with van der Waals surface area (Å²) in [7, 11) is 0. The van der Waals surface area contributed by atoms with Crippen LogP contribution in [0.1, 0.15) is 16.1 Å². The van der Waals surface area contributed by atoms with Crippen LogP contribution in [0.4, 0.5) is 5.69 Å². The van der Waals surface area contributed by atoms with Crippen LogP contribution >= 0.6 is 0 Å². The van der Waals surface area contributed by atoms with Gasteiger partial charge in [0.2, 0.25) is 11.8 Å². The summed E-state index contributed by atoms with van der Waals surface area (Å²) in [5.41, 5.74) is 14.4. The molecule has 0 radical (unpaired) electrons. The molecule has 4 rings (SSSR count). The summed E-state index contributed by atoms with van der Waals surface area (Å²) >= 11 is 0. The third kappa shape index (κ3) is 3.81. The topological polar surface area (TPSA) is 140 Å². The first kappa shape index (κ1) is 18.3. The predicted octanol–water partition coefficient (Wildman–Crippen LogP) is 2.23. The summed E-state index contributed by atoms with van der Waals surface area (Å²) in [5.74, 6) is -0.896. The van der Waals surface area contributed by atoms with E-state index < -0.39 is 17.9 Å². The van der Waals surface area contributed by atoms with E-state index in [0.29, 0.717) is 11.3 Å². The number of oxazole rings is 1. The van der Waals surface area contributed by atoms with Crippen LogP contribution in [0.5, 0.6) is 0 Å². The van der Waals surface area contributed by atoms with Crippen molar-refractivity contribution < 1.29 is 14.0 Å². The number of primary amides is 1. The minimum absolute atomic E-state index is 0.0574. The molecule has 0 bridgehead atoms. The van der Waals surface area contributed by atoms with E-state index in [2.05, 4.69) is 15.3 Å². The Balaban J connectivity index is 1.51. The number of carbonyl (C=O) groups is 2. The molecule has 0 spiro atoms. The number of benzene rings is 2. The lowest BCUT2D eigenvalue weighted by Gasteiger charge is -2.14. The van der Waals surface area contributed by atoms with Gasteiger partial charge in [-0.3, -0.25) is 9.59 Å². The minimum atomic E-state index is -0.890. The van der Waals surface area contributed by atoms with Gasteiger partial charge in [0.1, 0.15) is 12.3 Å². The molecule has 8 heteroatoms. The van der Waals surface area contributed by atoms with Gasteiger partial charge in [-0.05, 0) is 35.9 Å². The van der Waals surface area contributed by atoms with E-state index in [4.69, 9.17) is 15.9 Å². The summed E-state index contributed by atoms with van der Waals surface area (Å²) in [4.78, 5) is 31.8. The average Bonchev–Trinajstić information content (AvgIpc) is 3.36. The van der Waals surface area contributed by atoms with Gasteiger partial charge in [-0.2, -0.15) is 0 Å². The first-order valence-corrected chi connectivity index (χ1v) is 8.98. The quantitative estimate of drug-likeness (QED) is 0.374.